The van der Waals surface area contributed by atoms with Gasteiger partial charge in [-0.05, 0) is 28.8 Å². The van der Waals surface area contributed by atoms with Gasteiger partial charge in [0, 0.05) is 23.5 Å². The maximum absolute atomic E-state index is 5.27. The number of nitrogens with zero attached hydrogens (tertiary/aromatic N) is 2. The van der Waals surface area contributed by atoms with Gasteiger partial charge in [-0.3, -0.25) is 9.97 Å². The number of benzene rings is 2. The summed E-state index contributed by atoms with van der Waals surface area (Å²) in [4.78, 5) is 9.34. The molecule has 0 saturated heterocycles. The van der Waals surface area contributed by atoms with E-state index in [0.29, 0.717) is 0 Å². The Morgan fingerprint density at radius 1 is 0.654 bits per heavy atom. The van der Waals surface area contributed by atoms with Gasteiger partial charge >= 0.3 is 0 Å². The molecule has 0 amide bonds. The van der Waals surface area contributed by atoms with E-state index in [4.69, 9.17) is 17.6 Å². The van der Waals surface area contributed by atoms with Gasteiger partial charge in [-0.15, -0.1) is 0 Å². The van der Waals surface area contributed by atoms with Crippen LogP contribution >= 0.6 is 12.6 Å². The van der Waals surface area contributed by atoms with Crippen LogP contribution in [0.15, 0.2) is 91.3 Å². The topological polar surface area (TPSA) is 25.8 Å². The van der Waals surface area contributed by atoms with E-state index in [1.807, 2.05) is 30.6 Å². The molecule has 1 unspecified atom stereocenters. The Labute approximate surface area is 158 Å². The first kappa shape index (κ1) is 15.4. The summed E-state index contributed by atoms with van der Waals surface area (Å²) in [6, 6.07) is 27.0. The lowest BCUT2D eigenvalue weighted by Crippen LogP contribution is -2.20. The van der Waals surface area contributed by atoms with E-state index in [-0.39, 0.29) is 0 Å². The monoisotopic (exact) mass is 352 g/mol. The number of hydrogen-bond donors (Lipinski definition) is 1. The van der Waals surface area contributed by atoms with Crippen molar-refractivity contribution in [2.75, 3.05) is 0 Å². The zero-order chi connectivity index (χ0) is 17.6. The molecule has 0 fully saturated rings. The van der Waals surface area contributed by atoms with E-state index in [2.05, 4.69) is 65.6 Å². The Kier molecular flexibility index (Phi) is 3.44. The largest absolute Gasteiger partial charge is 0.254 e. The first-order valence-corrected chi connectivity index (χ1v) is 9.03. The van der Waals surface area contributed by atoms with Crippen LogP contribution in [0.1, 0.15) is 16.7 Å². The average molecular weight is 352 g/mol. The highest BCUT2D eigenvalue weighted by atomic mass is 32.1. The fraction of sp³-hybridized carbons (Fsp3) is 0.0435. The third-order valence-electron chi connectivity index (χ3n) is 5.01. The Morgan fingerprint density at radius 2 is 1.35 bits per heavy atom. The van der Waals surface area contributed by atoms with Gasteiger partial charge in [-0.2, -0.15) is 12.6 Å². The number of thiol groups is 1. The minimum atomic E-state index is -0.584. The summed E-state index contributed by atoms with van der Waals surface area (Å²) in [5.74, 6) is 0. The second-order valence-electron chi connectivity index (χ2n) is 6.42. The maximum Gasteiger partial charge on any atom is 0.0948 e. The first-order chi connectivity index (χ1) is 12.8. The highest BCUT2D eigenvalue weighted by molar-refractivity contribution is 7.82. The van der Waals surface area contributed by atoms with Crippen LogP contribution in [0.25, 0.3) is 22.5 Å². The van der Waals surface area contributed by atoms with Crippen LogP contribution in [0.5, 0.6) is 0 Å². The van der Waals surface area contributed by atoms with Gasteiger partial charge in [-0.25, -0.2) is 0 Å². The van der Waals surface area contributed by atoms with Gasteiger partial charge in [0.2, 0.25) is 0 Å². The molecule has 2 aromatic carbocycles. The van der Waals surface area contributed by atoms with E-state index in [1.54, 1.807) is 0 Å². The van der Waals surface area contributed by atoms with Crippen molar-refractivity contribution in [1.82, 2.24) is 9.97 Å². The van der Waals surface area contributed by atoms with Crippen LogP contribution in [0.2, 0.25) is 0 Å². The van der Waals surface area contributed by atoms with Crippen molar-refractivity contribution >= 4 is 12.6 Å². The normalized spacial score (nSPS) is 17.6. The summed E-state index contributed by atoms with van der Waals surface area (Å²) in [6.07, 6.45) is 3.69. The second kappa shape index (κ2) is 5.82. The molecule has 5 rings (SSSR count). The van der Waals surface area contributed by atoms with Crippen LogP contribution in [0, 0.1) is 0 Å². The molecule has 26 heavy (non-hydrogen) atoms. The third-order valence-corrected chi connectivity index (χ3v) is 5.73. The third kappa shape index (κ3) is 2.07. The molecule has 0 spiro atoms. The fourth-order valence-corrected chi connectivity index (χ4v) is 4.42. The molecular formula is C23H16N2S. The highest BCUT2D eigenvalue weighted by Crippen LogP contribution is 2.55. The van der Waals surface area contributed by atoms with Gasteiger partial charge < -0.3 is 0 Å². The van der Waals surface area contributed by atoms with E-state index < -0.39 is 4.75 Å². The molecule has 0 radical (unpaired) electrons. The molecule has 1 aliphatic carbocycles. The summed E-state index contributed by atoms with van der Waals surface area (Å²) < 4.78 is -0.584. The molecule has 4 aromatic rings. The standard InChI is InChI=1S/C23H16N2S/c26-23(17-10-5-2-6-11-17)19-12-7-14-24-21(19)22-20(23)18(13-15-25-22)16-8-3-1-4-9-16/h1-15,26H. The molecule has 0 saturated carbocycles. The van der Waals surface area contributed by atoms with Crippen molar-refractivity contribution in [3.05, 3.63) is 108 Å². The zero-order valence-electron chi connectivity index (χ0n) is 14.0. The minimum absolute atomic E-state index is 0.584. The van der Waals surface area contributed by atoms with Crippen LogP contribution in [-0.4, -0.2) is 9.97 Å². The van der Waals surface area contributed by atoms with Gasteiger partial charge in [0.1, 0.15) is 0 Å². The van der Waals surface area contributed by atoms with Crippen molar-refractivity contribution in [1.29, 1.82) is 0 Å². The molecule has 0 aliphatic heterocycles. The number of fused-ring (bicyclic) bond motifs is 3. The lowest BCUT2D eigenvalue weighted by Gasteiger charge is -2.28. The van der Waals surface area contributed by atoms with Crippen LogP contribution in [0.4, 0.5) is 0 Å². The Bertz CT molecular complexity index is 1090. The molecule has 3 heteroatoms. The van der Waals surface area contributed by atoms with Crippen molar-refractivity contribution in [2.45, 2.75) is 4.75 Å². The fourth-order valence-electron chi connectivity index (χ4n) is 3.87. The quantitative estimate of drug-likeness (QED) is 0.492. The lowest BCUT2D eigenvalue weighted by atomic mass is 9.85. The molecular weight excluding hydrogens is 336 g/mol. The number of hydrogen-bond acceptors (Lipinski definition) is 3. The smallest absolute Gasteiger partial charge is 0.0948 e. The molecule has 2 aromatic heterocycles. The van der Waals surface area contributed by atoms with E-state index in [1.165, 1.54) is 0 Å². The van der Waals surface area contributed by atoms with E-state index >= 15 is 0 Å². The van der Waals surface area contributed by atoms with Gasteiger partial charge in [0.25, 0.3) is 0 Å². The summed E-state index contributed by atoms with van der Waals surface area (Å²) >= 11 is 5.27. The van der Waals surface area contributed by atoms with Crippen molar-refractivity contribution in [2.24, 2.45) is 0 Å². The molecule has 124 valence electrons. The summed E-state index contributed by atoms with van der Waals surface area (Å²) in [6.45, 7) is 0. The molecule has 1 aliphatic rings. The Morgan fingerprint density at radius 3 is 2.12 bits per heavy atom. The predicted molar refractivity (Wildman–Crippen MR) is 108 cm³/mol. The summed E-state index contributed by atoms with van der Waals surface area (Å²) in [5, 5.41) is 0. The molecule has 0 bridgehead atoms. The highest BCUT2D eigenvalue weighted by Gasteiger charge is 2.45. The Balaban J connectivity index is 1.89. The molecule has 2 nitrogen and oxygen atoms in total. The number of pyridine rings is 2. The zero-order valence-corrected chi connectivity index (χ0v) is 14.9. The van der Waals surface area contributed by atoms with Crippen LogP contribution in [-0.2, 0) is 4.75 Å². The SMILES string of the molecule is SC1(c2ccccc2)c2cccnc2-c2nccc(-c3ccccc3)c21. The summed E-state index contributed by atoms with van der Waals surface area (Å²) in [7, 11) is 0. The lowest BCUT2D eigenvalue weighted by molar-refractivity contribution is 0.933. The molecule has 0 N–H and O–H groups in total. The first-order valence-electron chi connectivity index (χ1n) is 8.59. The van der Waals surface area contributed by atoms with Gasteiger partial charge in [-0.1, -0.05) is 66.7 Å². The van der Waals surface area contributed by atoms with Gasteiger partial charge in [0.15, 0.2) is 0 Å². The van der Waals surface area contributed by atoms with Crippen molar-refractivity contribution in [3.8, 4) is 22.5 Å². The maximum atomic E-state index is 5.27. The van der Waals surface area contributed by atoms with Crippen molar-refractivity contribution in [3.63, 3.8) is 0 Å². The average Bonchev–Trinajstić information content (AvgIpc) is 3.00. The van der Waals surface area contributed by atoms with Gasteiger partial charge in [0.05, 0.1) is 16.1 Å². The summed E-state index contributed by atoms with van der Waals surface area (Å²) in [5.41, 5.74) is 7.46. The number of rotatable bonds is 2. The predicted octanol–water partition coefficient (Wildman–Crippen LogP) is 5.35. The second-order valence-corrected chi connectivity index (χ2v) is 7.09. The van der Waals surface area contributed by atoms with Crippen molar-refractivity contribution < 1.29 is 0 Å². The molecule has 2 heterocycles. The van der Waals surface area contributed by atoms with Crippen LogP contribution in [0.3, 0.4) is 0 Å². The Hall–Kier alpha value is -2.91. The molecule has 1 atom stereocenters. The van der Waals surface area contributed by atoms with E-state index in [0.717, 1.165) is 39.2 Å². The minimum Gasteiger partial charge on any atom is -0.254 e. The van der Waals surface area contributed by atoms with E-state index in [9.17, 15) is 0 Å². The van der Waals surface area contributed by atoms with Crippen LogP contribution < -0.4 is 0 Å². The number of aromatic nitrogens is 2.